The number of hydrogen-bond acceptors (Lipinski definition) is 2. The number of anilines is 1. The van der Waals surface area contributed by atoms with E-state index >= 15 is 0 Å². The zero-order valence-corrected chi connectivity index (χ0v) is 10.8. The van der Waals surface area contributed by atoms with E-state index in [0.29, 0.717) is 0 Å². The quantitative estimate of drug-likeness (QED) is 0.782. The fraction of sp³-hybridized carbons (Fsp3) is 0.400. The van der Waals surface area contributed by atoms with E-state index in [0.717, 1.165) is 37.1 Å². The largest absolute Gasteiger partial charge is 0.384 e. The van der Waals surface area contributed by atoms with Crippen molar-refractivity contribution in [3.05, 3.63) is 42.0 Å². The summed E-state index contributed by atoms with van der Waals surface area (Å²) in [5.41, 5.74) is 1.65. The van der Waals surface area contributed by atoms with Crippen molar-refractivity contribution in [2.24, 2.45) is 0 Å². The zero-order chi connectivity index (χ0) is 12.8. The van der Waals surface area contributed by atoms with Crippen LogP contribution in [0, 0.1) is 0 Å². The van der Waals surface area contributed by atoms with Gasteiger partial charge in [0.1, 0.15) is 0 Å². The van der Waals surface area contributed by atoms with Gasteiger partial charge in [0.15, 0.2) is 0 Å². The molecule has 3 heteroatoms. The Morgan fingerprint density at radius 3 is 2.72 bits per heavy atom. The summed E-state index contributed by atoms with van der Waals surface area (Å²) in [6, 6.07) is 7.94. The zero-order valence-electron chi connectivity index (χ0n) is 10.8. The van der Waals surface area contributed by atoms with Gasteiger partial charge in [-0.1, -0.05) is 31.2 Å². The average Bonchev–Trinajstić information content (AvgIpc) is 2.89. The van der Waals surface area contributed by atoms with Gasteiger partial charge in [0.05, 0.1) is 5.56 Å². The smallest absolute Gasteiger partial charge is 0.253 e. The summed E-state index contributed by atoms with van der Waals surface area (Å²) in [5, 5.41) is 6.36. The molecule has 0 radical (unpaired) electrons. The Kier molecular flexibility index (Phi) is 4.40. The maximum Gasteiger partial charge on any atom is 0.253 e. The standard InChI is InChI=1S/C15H20N2O/c1-2-11-16-14-10-6-5-9-13(14)15(18)17-12-7-3-4-8-12/h3-6,9-10,12,16H,2,7-8,11H2,1H3,(H,17,18). The van der Waals surface area contributed by atoms with Gasteiger partial charge in [-0.15, -0.1) is 0 Å². The predicted molar refractivity (Wildman–Crippen MR) is 74.9 cm³/mol. The van der Waals surface area contributed by atoms with Gasteiger partial charge in [-0.05, 0) is 31.4 Å². The van der Waals surface area contributed by atoms with Crippen LogP contribution in [0.1, 0.15) is 36.5 Å². The lowest BCUT2D eigenvalue weighted by Crippen LogP contribution is -2.33. The molecule has 0 unspecified atom stereocenters. The predicted octanol–water partition coefficient (Wildman–Crippen LogP) is 2.96. The monoisotopic (exact) mass is 244 g/mol. The molecule has 0 spiro atoms. The van der Waals surface area contributed by atoms with Gasteiger partial charge < -0.3 is 10.6 Å². The molecule has 1 aliphatic rings. The third-order valence-electron chi connectivity index (χ3n) is 3.08. The average molecular weight is 244 g/mol. The molecular formula is C15H20N2O. The molecule has 18 heavy (non-hydrogen) atoms. The fourth-order valence-corrected chi connectivity index (χ4v) is 2.09. The van der Waals surface area contributed by atoms with Gasteiger partial charge in [0, 0.05) is 18.3 Å². The topological polar surface area (TPSA) is 41.1 Å². The molecule has 1 aromatic carbocycles. The van der Waals surface area contributed by atoms with Crippen LogP contribution in [0.25, 0.3) is 0 Å². The molecule has 2 rings (SSSR count). The van der Waals surface area contributed by atoms with E-state index in [9.17, 15) is 4.79 Å². The first-order chi connectivity index (χ1) is 8.81. The van der Waals surface area contributed by atoms with E-state index in [1.165, 1.54) is 0 Å². The molecule has 0 saturated carbocycles. The third kappa shape index (κ3) is 3.13. The molecular weight excluding hydrogens is 224 g/mol. The van der Waals surface area contributed by atoms with Gasteiger partial charge in [-0.3, -0.25) is 4.79 Å². The summed E-state index contributed by atoms with van der Waals surface area (Å²) in [4.78, 5) is 12.2. The number of amides is 1. The lowest BCUT2D eigenvalue weighted by Gasteiger charge is -2.15. The van der Waals surface area contributed by atoms with Gasteiger partial charge in [-0.2, -0.15) is 0 Å². The fourth-order valence-electron chi connectivity index (χ4n) is 2.09. The molecule has 0 aromatic heterocycles. The molecule has 2 N–H and O–H groups in total. The highest BCUT2D eigenvalue weighted by Crippen LogP contribution is 2.16. The van der Waals surface area contributed by atoms with Crippen LogP contribution < -0.4 is 10.6 Å². The summed E-state index contributed by atoms with van der Waals surface area (Å²) >= 11 is 0. The lowest BCUT2D eigenvalue weighted by atomic mass is 10.1. The second-order valence-corrected chi connectivity index (χ2v) is 4.59. The highest BCUT2D eigenvalue weighted by atomic mass is 16.1. The minimum Gasteiger partial charge on any atom is -0.384 e. The minimum absolute atomic E-state index is 0.0166. The Bertz CT molecular complexity index is 432. The number of nitrogens with one attached hydrogen (secondary N) is 2. The van der Waals surface area contributed by atoms with Gasteiger partial charge >= 0.3 is 0 Å². The van der Waals surface area contributed by atoms with Crippen molar-refractivity contribution in [1.82, 2.24) is 5.32 Å². The van der Waals surface area contributed by atoms with E-state index in [1.54, 1.807) is 0 Å². The van der Waals surface area contributed by atoms with Crippen LogP contribution >= 0.6 is 0 Å². The summed E-state index contributed by atoms with van der Waals surface area (Å²) in [5.74, 6) is 0.0166. The first-order valence-electron chi connectivity index (χ1n) is 6.60. The maximum atomic E-state index is 12.2. The lowest BCUT2D eigenvalue weighted by molar-refractivity contribution is 0.0940. The van der Waals surface area contributed by atoms with Crippen molar-refractivity contribution in [1.29, 1.82) is 0 Å². The molecule has 0 bridgehead atoms. The normalized spacial score (nSPS) is 14.7. The first-order valence-corrected chi connectivity index (χ1v) is 6.60. The SMILES string of the molecule is CCCNc1ccccc1C(=O)NC1CC=CC1. The van der Waals surface area contributed by atoms with Crippen LogP contribution in [0.15, 0.2) is 36.4 Å². The molecule has 0 saturated heterocycles. The summed E-state index contributed by atoms with van der Waals surface area (Å²) in [6.07, 6.45) is 7.16. The van der Waals surface area contributed by atoms with E-state index in [1.807, 2.05) is 24.3 Å². The number of benzene rings is 1. The minimum atomic E-state index is 0.0166. The Balaban J connectivity index is 2.03. The van der Waals surface area contributed by atoms with Crippen molar-refractivity contribution < 1.29 is 4.79 Å². The van der Waals surface area contributed by atoms with Crippen LogP contribution in [0.2, 0.25) is 0 Å². The Labute approximate surface area is 108 Å². The van der Waals surface area contributed by atoms with E-state index in [-0.39, 0.29) is 11.9 Å². The van der Waals surface area contributed by atoms with Crippen LogP contribution in [-0.2, 0) is 0 Å². The summed E-state index contributed by atoms with van der Waals surface area (Å²) in [7, 11) is 0. The molecule has 1 amide bonds. The van der Waals surface area contributed by atoms with Crippen molar-refractivity contribution >= 4 is 11.6 Å². The number of hydrogen-bond donors (Lipinski definition) is 2. The van der Waals surface area contributed by atoms with E-state index < -0.39 is 0 Å². The van der Waals surface area contributed by atoms with E-state index in [2.05, 4.69) is 29.7 Å². The van der Waals surface area contributed by atoms with Crippen LogP contribution in [0.5, 0.6) is 0 Å². The number of carbonyl (C=O) groups is 1. The molecule has 96 valence electrons. The molecule has 0 aliphatic heterocycles. The Morgan fingerprint density at radius 2 is 2.00 bits per heavy atom. The number of para-hydroxylation sites is 1. The van der Waals surface area contributed by atoms with Crippen molar-refractivity contribution in [3.8, 4) is 0 Å². The Morgan fingerprint density at radius 1 is 1.28 bits per heavy atom. The number of rotatable bonds is 5. The van der Waals surface area contributed by atoms with Gasteiger partial charge in [-0.25, -0.2) is 0 Å². The van der Waals surface area contributed by atoms with Gasteiger partial charge in [0.2, 0.25) is 0 Å². The maximum absolute atomic E-state index is 12.2. The number of carbonyl (C=O) groups excluding carboxylic acids is 1. The van der Waals surface area contributed by atoms with Crippen molar-refractivity contribution in [2.75, 3.05) is 11.9 Å². The van der Waals surface area contributed by atoms with Crippen LogP contribution in [-0.4, -0.2) is 18.5 Å². The van der Waals surface area contributed by atoms with Crippen LogP contribution in [0.3, 0.4) is 0 Å². The van der Waals surface area contributed by atoms with E-state index in [4.69, 9.17) is 0 Å². The van der Waals surface area contributed by atoms with Crippen LogP contribution in [0.4, 0.5) is 5.69 Å². The second kappa shape index (κ2) is 6.24. The van der Waals surface area contributed by atoms with Crippen molar-refractivity contribution in [3.63, 3.8) is 0 Å². The summed E-state index contributed by atoms with van der Waals surface area (Å²) in [6.45, 7) is 3.00. The molecule has 1 aliphatic carbocycles. The molecule has 3 nitrogen and oxygen atoms in total. The molecule has 0 atom stereocenters. The summed E-state index contributed by atoms with van der Waals surface area (Å²) < 4.78 is 0. The second-order valence-electron chi connectivity index (χ2n) is 4.59. The third-order valence-corrected chi connectivity index (χ3v) is 3.08. The van der Waals surface area contributed by atoms with Crippen molar-refractivity contribution in [2.45, 2.75) is 32.2 Å². The Hall–Kier alpha value is -1.77. The molecule has 0 fully saturated rings. The van der Waals surface area contributed by atoms with Gasteiger partial charge in [0.25, 0.3) is 5.91 Å². The highest BCUT2D eigenvalue weighted by molar-refractivity contribution is 5.99. The first kappa shape index (κ1) is 12.7. The molecule has 1 aromatic rings. The molecule has 0 heterocycles. The highest BCUT2D eigenvalue weighted by Gasteiger charge is 2.16.